The second-order valence-electron chi connectivity index (χ2n) is 8.06. The van der Waals surface area contributed by atoms with Gasteiger partial charge in [0.1, 0.15) is 0 Å². The number of rotatable bonds is 5. The van der Waals surface area contributed by atoms with Crippen LogP contribution < -0.4 is 4.74 Å². The van der Waals surface area contributed by atoms with Crippen molar-refractivity contribution in [1.82, 2.24) is 19.7 Å². The van der Waals surface area contributed by atoms with Gasteiger partial charge in [-0.15, -0.1) is 10.2 Å². The van der Waals surface area contributed by atoms with Crippen LogP contribution in [0.25, 0.3) is 22.2 Å². The van der Waals surface area contributed by atoms with E-state index < -0.39 is 23.0 Å². The van der Waals surface area contributed by atoms with Gasteiger partial charge >= 0.3 is 0 Å². The molecule has 4 aromatic rings. The van der Waals surface area contributed by atoms with Crippen molar-refractivity contribution in [1.29, 1.82) is 0 Å². The number of H-pyrrole nitrogens is 1. The first-order valence-corrected chi connectivity index (χ1v) is 10.1. The zero-order valence-electron chi connectivity index (χ0n) is 17.4. The summed E-state index contributed by atoms with van der Waals surface area (Å²) >= 11 is 5.71. The fraction of sp³-hybridized carbons (Fsp3) is 0.273. The van der Waals surface area contributed by atoms with Crippen molar-refractivity contribution in [2.45, 2.75) is 39.3 Å². The number of aromatic amines is 1. The first kappa shape index (κ1) is 21.1. The normalized spacial score (nSPS) is 12.1. The van der Waals surface area contributed by atoms with Gasteiger partial charge in [-0.05, 0) is 52.0 Å². The lowest BCUT2D eigenvalue weighted by Crippen LogP contribution is -2.31. The van der Waals surface area contributed by atoms with Crippen LogP contribution in [0.3, 0.4) is 0 Å². The summed E-state index contributed by atoms with van der Waals surface area (Å²) in [4.78, 5) is 2.78. The lowest BCUT2D eigenvalue weighted by atomic mass is 10.1. The van der Waals surface area contributed by atoms with Crippen molar-refractivity contribution in [2.24, 2.45) is 0 Å². The third-order valence-electron chi connectivity index (χ3n) is 5.00. The van der Waals surface area contributed by atoms with E-state index in [9.17, 15) is 13.9 Å². The number of fused-ring (bicyclic) bond motifs is 1. The number of nitrogens with one attached hydrogen (secondary N) is 1. The Bertz CT molecular complexity index is 1260. The van der Waals surface area contributed by atoms with Crippen molar-refractivity contribution < 1.29 is 18.6 Å². The topological polar surface area (TPSA) is 76.0 Å². The molecule has 0 saturated carbocycles. The third kappa shape index (κ3) is 3.72. The quantitative estimate of drug-likeness (QED) is 0.396. The van der Waals surface area contributed by atoms with Crippen molar-refractivity contribution in [3.8, 4) is 23.0 Å². The molecule has 2 heterocycles. The standard InChI is InChI=1S/C22H21ClF2N4O2/c1-11(2)29-19(12-5-6-15-13(7-12)10-26-20(15)30)27-28-21(29)22(3,4)31-18-16(24)8-14(23)9-17(18)25/h5-11,26,30H,1-4H3. The second-order valence-corrected chi connectivity index (χ2v) is 8.50. The van der Waals surface area contributed by atoms with Crippen LogP contribution in [0, 0.1) is 11.6 Å². The van der Waals surface area contributed by atoms with E-state index in [0.717, 1.165) is 23.1 Å². The maximum absolute atomic E-state index is 14.3. The van der Waals surface area contributed by atoms with E-state index >= 15 is 0 Å². The van der Waals surface area contributed by atoms with Crippen LogP contribution in [-0.2, 0) is 5.60 Å². The highest BCUT2D eigenvalue weighted by atomic mass is 35.5. The summed E-state index contributed by atoms with van der Waals surface area (Å²) in [6.07, 6.45) is 1.70. The summed E-state index contributed by atoms with van der Waals surface area (Å²) in [7, 11) is 0. The Kier molecular flexibility index (Phi) is 5.13. The Labute approximate surface area is 182 Å². The molecular formula is C22H21ClF2N4O2. The zero-order chi connectivity index (χ0) is 22.5. The number of halogens is 3. The van der Waals surface area contributed by atoms with Gasteiger partial charge in [0.25, 0.3) is 0 Å². The van der Waals surface area contributed by atoms with Crippen LogP contribution in [0.4, 0.5) is 8.78 Å². The summed E-state index contributed by atoms with van der Waals surface area (Å²) in [5, 5.41) is 19.9. The van der Waals surface area contributed by atoms with E-state index in [1.165, 1.54) is 0 Å². The number of nitrogens with zero attached hydrogens (tertiary/aromatic N) is 3. The average molecular weight is 447 g/mol. The number of benzene rings is 2. The van der Waals surface area contributed by atoms with Gasteiger partial charge in [0.2, 0.25) is 0 Å². The molecule has 0 aliphatic heterocycles. The molecule has 0 radical (unpaired) electrons. The highest BCUT2D eigenvalue weighted by molar-refractivity contribution is 6.30. The molecule has 0 atom stereocenters. The monoisotopic (exact) mass is 446 g/mol. The van der Waals surface area contributed by atoms with Gasteiger partial charge in [0, 0.05) is 33.6 Å². The molecule has 0 aliphatic carbocycles. The largest absolute Gasteiger partial charge is 0.494 e. The fourth-order valence-electron chi connectivity index (χ4n) is 3.58. The minimum Gasteiger partial charge on any atom is -0.494 e. The molecule has 0 spiro atoms. The van der Waals surface area contributed by atoms with Crippen molar-refractivity contribution in [2.75, 3.05) is 0 Å². The highest BCUT2D eigenvalue weighted by Gasteiger charge is 2.34. The summed E-state index contributed by atoms with van der Waals surface area (Å²) in [6, 6.07) is 7.42. The average Bonchev–Trinajstić information content (AvgIpc) is 3.29. The molecule has 9 heteroatoms. The van der Waals surface area contributed by atoms with E-state index in [0.29, 0.717) is 17.0 Å². The van der Waals surface area contributed by atoms with Gasteiger partial charge in [-0.1, -0.05) is 17.7 Å². The predicted octanol–water partition coefficient (Wildman–Crippen LogP) is 5.96. The van der Waals surface area contributed by atoms with Gasteiger partial charge < -0.3 is 19.4 Å². The Hall–Kier alpha value is -3.13. The second kappa shape index (κ2) is 7.53. The molecule has 6 nitrogen and oxygen atoms in total. The first-order valence-electron chi connectivity index (χ1n) is 9.68. The third-order valence-corrected chi connectivity index (χ3v) is 5.22. The van der Waals surface area contributed by atoms with Crippen LogP contribution in [0.2, 0.25) is 5.02 Å². The minimum absolute atomic E-state index is 0.0565. The van der Waals surface area contributed by atoms with Crippen LogP contribution in [0.15, 0.2) is 36.5 Å². The number of aromatic hydroxyl groups is 1. The summed E-state index contributed by atoms with van der Waals surface area (Å²) < 4.78 is 36.3. The zero-order valence-corrected chi connectivity index (χ0v) is 18.1. The maximum Gasteiger partial charge on any atom is 0.196 e. The molecule has 2 aromatic carbocycles. The molecule has 2 N–H and O–H groups in total. The lowest BCUT2D eigenvalue weighted by molar-refractivity contribution is 0.0814. The van der Waals surface area contributed by atoms with Gasteiger partial charge in [-0.2, -0.15) is 0 Å². The van der Waals surface area contributed by atoms with E-state index in [4.69, 9.17) is 16.3 Å². The summed E-state index contributed by atoms with van der Waals surface area (Å²) in [5.74, 6) is -1.25. The van der Waals surface area contributed by atoms with Crippen LogP contribution in [0.1, 0.15) is 39.6 Å². The van der Waals surface area contributed by atoms with E-state index in [2.05, 4.69) is 15.2 Å². The van der Waals surface area contributed by atoms with E-state index in [1.807, 2.05) is 30.5 Å². The molecule has 0 bridgehead atoms. The van der Waals surface area contributed by atoms with Crippen molar-refractivity contribution >= 4 is 22.4 Å². The van der Waals surface area contributed by atoms with Crippen LogP contribution in [0.5, 0.6) is 11.6 Å². The number of hydrogen-bond donors (Lipinski definition) is 2. The highest BCUT2D eigenvalue weighted by Crippen LogP contribution is 2.36. The van der Waals surface area contributed by atoms with Gasteiger partial charge in [-0.25, -0.2) is 8.78 Å². The Morgan fingerprint density at radius 3 is 2.45 bits per heavy atom. The fourth-order valence-corrected chi connectivity index (χ4v) is 3.77. The first-order chi connectivity index (χ1) is 14.6. The van der Waals surface area contributed by atoms with Crippen LogP contribution in [-0.4, -0.2) is 24.9 Å². The van der Waals surface area contributed by atoms with Crippen LogP contribution >= 0.6 is 11.6 Å². The van der Waals surface area contributed by atoms with E-state index in [-0.39, 0.29) is 16.9 Å². The Morgan fingerprint density at radius 1 is 1.13 bits per heavy atom. The van der Waals surface area contributed by atoms with Gasteiger partial charge in [0.15, 0.2) is 40.5 Å². The molecule has 31 heavy (non-hydrogen) atoms. The van der Waals surface area contributed by atoms with Crippen molar-refractivity contribution in [3.63, 3.8) is 0 Å². The smallest absolute Gasteiger partial charge is 0.196 e. The molecule has 162 valence electrons. The molecule has 0 saturated heterocycles. The molecule has 4 rings (SSSR count). The molecule has 0 amide bonds. The number of ether oxygens (including phenoxy) is 1. The molecule has 0 aliphatic rings. The lowest BCUT2D eigenvalue weighted by Gasteiger charge is -2.28. The Morgan fingerprint density at radius 2 is 1.81 bits per heavy atom. The molecule has 2 aromatic heterocycles. The van der Waals surface area contributed by atoms with E-state index in [1.54, 1.807) is 26.1 Å². The van der Waals surface area contributed by atoms with Gasteiger partial charge in [0.05, 0.1) is 0 Å². The van der Waals surface area contributed by atoms with Crippen molar-refractivity contribution in [3.05, 3.63) is 59.0 Å². The molecule has 0 unspecified atom stereocenters. The molecular weight excluding hydrogens is 426 g/mol. The molecule has 0 fully saturated rings. The SMILES string of the molecule is CC(C)n1c(-c2ccc3c(O)[nH]cc3c2)nnc1C(C)(C)Oc1c(F)cc(Cl)cc1F. The summed E-state index contributed by atoms with van der Waals surface area (Å²) in [5.41, 5.74) is -0.430. The Balaban J connectivity index is 1.79. The maximum atomic E-state index is 14.3. The minimum atomic E-state index is -1.21. The number of hydrogen-bond acceptors (Lipinski definition) is 4. The summed E-state index contributed by atoms with van der Waals surface area (Å²) in [6.45, 7) is 7.24. The number of aromatic nitrogens is 4. The predicted molar refractivity (Wildman–Crippen MR) is 114 cm³/mol. The van der Waals surface area contributed by atoms with Gasteiger partial charge in [-0.3, -0.25) is 0 Å².